The third kappa shape index (κ3) is 6.22. The number of amides is 2. The van der Waals surface area contributed by atoms with Gasteiger partial charge in [0.15, 0.2) is 0 Å². The van der Waals surface area contributed by atoms with Crippen LogP contribution in [0.15, 0.2) is 24.3 Å². The number of nitrogens with zero attached hydrogens (tertiary/aromatic N) is 1. The van der Waals surface area contributed by atoms with Crippen molar-refractivity contribution in [3.63, 3.8) is 0 Å². The van der Waals surface area contributed by atoms with E-state index in [1.807, 2.05) is 39.0 Å². The highest BCUT2D eigenvalue weighted by molar-refractivity contribution is 6.31. The van der Waals surface area contributed by atoms with E-state index in [1.54, 1.807) is 17.9 Å². The number of carbonyl (C=O) groups excluding carboxylic acids is 2. The average Bonchev–Trinajstić information content (AvgIpc) is 2.51. The molecule has 5 heteroatoms. The van der Waals surface area contributed by atoms with Gasteiger partial charge in [0.1, 0.15) is 6.04 Å². The maximum Gasteiger partial charge on any atom is 0.242 e. The topological polar surface area (TPSA) is 49.4 Å². The second kappa shape index (κ2) is 9.56. The molecule has 0 saturated carbocycles. The molecule has 2 amide bonds. The number of carbonyl (C=O) groups is 2. The van der Waals surface area contributed by atoms with Crippen LogP contribution in [0.3, 0.4) is 0 Å². The lowest BCUT2D eigenvalue weighted by Crippen LogP contribution is -2.48. The molecule has 4 nitrogen and oxygen atoms in total. The fourth-order valence-corrected chi connectivity index (χ4v) is 2.40. The molecule has 1 aromatic carbocycles. The fourth-order valence-electron chi connectivity index (χ4n) is 2.20. The molecule has 0 bridgehead atoms. The van der Waals surface area contributed by atoms with Crippen molar-refractivity contribution in [2.75, 3.05) is 6.54 Å². The summed E-state index contributed by atoms with van der Waals surface area (Å²) in [6.07, 6.45) is 1.17. The zero-order chi connectivity index (χ0) is 17.4. The molecule has 0 aliphatic rings. The van der Waals surface area contributed by atoms with Crippen LogP contribution < -0.4 is 5.32 Å². The Hall–Kier alpha value is -1.55. The first-order valence-electron chi connectivity index (χ1n) is 8.17. The molecule has 0 aliphatic heterocycles. The van der Waals surface area contributed by atoms with Crippen LogP contribution in [0.4, 0.5) is 0 Å². The standard InChI is InChI=1S/C18H27ClN2O2/c1-5-8-17(22)21(12-15-9-6-7-10-16(15)19)14(4)18(23)20-11-13(2)3/h6-7,9-10,13-14H,5,8,11-12H2,1-4H3,(H,20,23)/t14-/m1/s1. The summed E-state index contributed by atoms with van der Waals surface area (Å²) in [6.45, 7) is 8.73. The van der Waals surface area contributed by atoms with Gasteiger partial charge in [-0.3, -0.25) is 9.59 Å². The first-order valence-corrected chi connectivity index (χ1v) is 8.55. The summed E-state index contributed by atoms with van der Waals surface area (Å²) in [5, 5.41) is 3.50. The van der Waals surface area contributed by atoms with Gasteiger partial charge in [-0.15, -0.1) is 0 Å². The molecule has 1 aromatic rings. The summed E-state index contributed by atoms with van der Waals surface area (Å²) in [5.41, 5.74) is 0.849. The van der Waals surface area contributed by atoms with Crippen molar-refractivity contribution in [3.05, 3.63) is 34.9 Å². The van der Waals surface area contributed by atoms with Gasteiger partial charge < -0.3 is 10.2 Å². The summed E-state index contributed by atoms with van der Waals surface area (Å²) >= 11 is 6.20. The second-order valence-corrected chi connectivity index (χ2v) is 6.59. The van der Waals surface area contributed by atoms with E-state index >= 15 is 0 Å². The van der Waals surface area contributed by atoms with Crippen LogP contribution in [0.25, 0.3) is 0 Å². The highest BCUT2D eigenvalue weighted by Crippen LogP contribution is 2.19. The quantitative estimate of drug-likeness (QED) is 0.786. The minimum atomic E-state index is -0.524. The van der Waals surface area contributed by atoms with Gasteiger partial charge in [0.05, 0.1) is 0 Å². The predicted molar refractivity (Wildman–Crippen MR) is 94.2 cm³/mol. The third-order valence-electron chi connectivity index (χ3n) is 3.61. The zero-order valence-electron chi connectivity index (χ0n) is 14.4. The van der Waals surface area contributed by atoms with Crippen LogP contribution in [-0.4, -0.2) is 29.3 Å². The highest BCUT2D eigenvalue weighted by atomic mass is 35.5. The van der Waals surface area contributed by atoms with Crippen LogP contribution in [-0.2, 0) is 16.1 Å². The minimum Gasteiger partial charge on any atom is -0.354 e. The zero-order valence-corrected chi connectivity index (χ0v) is 15.2. The van der Waals surface area contributed by atoms with Gasteiger partial charge in [0, 0.05) is 24.5 Å². The SMILES string of the molecule is CCCC(=O)N(Cc1ccccc1Cl)[C@H](C)C(=O)NCC(C)C. The van der Waals surface area contributed by atoms with E-state index < -0.39 is 6.04 Å². The van der Waals surface area contributed by atoms with Crippen LogP contribution >= 0.6 is 11.6 Å². The molecule has 0 saturated heterocycles. The number of hydrogen-bond acceptors (Lipinski definition) is 2. The maximum absolute atomic E-state index is 12.4. The van der Waals surface area contributed by atoms with Crippen molar-refractivity contribution in [1.29, 1.82) is 0 Å². The lowest BCUT2D eigenvalue weighted by molar-refractivity contribution is -0.140. The smallest absolute Gasteiger partial charge is 0.242 e. The Morgan fingerprint density at radius 1 is 1.22 bits per heavy atom. The van der Waals surface area contributed by atoms with Gasteiger partial charge in [-0.1, -0.05) is 50.6 Å². The van der Waals surface area contributed by atoms with E-state index in [2.05, 4.69) is 5.32 Å². The molecule has 1 atom stereocenters. The predicted octanol–water partition coefficient (Wildman–Crippen LogP) is 3.63. The van der Waals surface area contributed by atoms with E-state index in [4.69, 9.17) is 11.6 Å². The normalized spacial score (nSPS) is 12.1. The van der Waals surface area contributed by atoms with E-state index in [1.165, 1.54) is 0 Å². The van der Waals surface area contributed by atoms with Crippen LogP contribution in [0, 0.1) is 5.92 Å². The van der Waals surface area contributed by atoms with Crippen LogP contribution in [0.1, 0.15) is 46.1 Å². The van der Waals surface area contributed by atoms with Crippen molar-refractivity contribution >= 4 is 23.4 Å². The molecule has 0 aliphatic carbocycles. The summed E-state index contributed by atoms with van der Waals surface area (Å²) < 4.78 is 0. The third-order valence-corrected chi connectivity index (χ3v) is 3.98. The van der Waals surface area contributed by atoms with E-state index in [9.17, 15) is 9.59 Å². The van der Waals surface area contributed by atoms with Crippen molar-refractivity contribution < 1.29 is 9.59 Å². The molecule has 0 aromatic heterocycles. The molecule has 1 N–H and O–H groups in total. The van der Waals surface area contributed by atoms with Crippen molar-refractivity contribution in [2.45, 2.75) is 53.1 Å². The lowest BCUT2D eigenvalue weighted by Gasteiger charge is -2.29. The molecule has 128 valence electrons. The van der Waals surface area contributed by atoms with Crippen molar-refractivity contribution in [3.8, 4) is 0 Å². The first kappa shape index (κ1) is 19.5. The monoisotopic (exact) mass is 338 g/mol. The summed E-state index contributed by atoms with van der Waals surface area (Å²) in [6, 6.07) is 6.88. The Balaban J connectivity index is 2.89. The molecule has 0 unspecified atom stereocenters. The Kier molecular flexibility index (Phi) is 8.10. The van der Waals surface area contributed by atoms with E-state index in [0.717, 1.165) is 12.0 Å². The first-order chi connectivity index (χ1) is 10.9. The number of hydrogen-bond donors (Lipinski definition) is 1. The van der Waals surface area contributed by atoms with Gasteiger partial charge in [-0.25, -0.2) is 0 Å². The lowest BCUT2D eigenvalue weighted by atomic mass is 10.1. The summed E-state index contributed by atoms with van der Waals surface area (Å²) in [7, 11) is 0. The van der Waals surface area contributed by atoms with E-state index in [-0.39, 0.29) is 11.8 Å². The summed E-state index contributed by atoms with van der Waals surface area (Å²) in [5.74, 6) is 0.212. The number of nitrogens with one attached hydrogen (secondary N) is 1. The molecule has 0 spiro atoms. The van der Waals surface area contributed by atoms with Gasteiger partial charge in [-0.2, -0.15) is 0 Å². The molecule has 0 fully saturated rings. The number of rotatable bonds is 8. The van der Waals surface area contributed by atoms with Gasteiger partial charge in [-0.05, 0) is 30.9 Å². The van der Waals surface area contributed by atoms with Crippen molar-refractivity contribution in [2.24, 2.45) is 5.92 Å². The Morgan fingerprint density at radius 2 is 1.87 bits per heavy atom. The largest absolute Gasteiger partial charge is 0.354 e. The molecule has 0 heterocycles. The number of halogens is 1. The Bertz CT molecular complexity index is 532. The van der Waals surface area contributed by atoms with Crippen molar-refractivity contribution in [1.82, 2.24) is 10.2 Å². The number of benzene rings is 1. The average molecular weight is 339 g/mol. The molecule has 0 radical (unpaired) electrons. The van der Waals surface area contributed by atoms with Crippen LogP contribution in [0.2, 0.25) is 5.02 Å². The Labute approximate surface area is 144 Å². The molecular formula is C18H27ClN2O2. The minimum absolute atomic E-state index is 0.0281. The second-order valence-electron chi connectivity index (χ2n) is 6.18. The molecule has 1 rings (SSSR count). The van der Waals surface area contributed by atoms with E-state index in [0.29, 0.717) is 30.5 Å². The molecular weight excluding hydrogens is 312 g/mol. The van der Waals surface area contributed by atoms with Gasteiger partial charge in [0.25, 0.3) is 0 Å². The maximum atomic E-state index is 12.4. The van der Waals surface area contributed by atoms with Gasteiger partial charge >= 0.3 is 0 Å². The molecule has 23 heavy (non-hydrogen) atoms. The fraction of sp³-hybridized carbons (Fsp3) is 0.556. The van der Waals surface area contributed by atoms with Gasteiger partial charge in [0.2, 0.25) is 11.8 Å². The van der Waals surface area contributed by atoms with Crippen LogP contribution in [0.5, 0.6) is 0 Å². The Morgan fingerprint density at radius 3 is 2.43 bits per heavy atom. The summed E-state index contributed by atoms with van der Waals surface area (Å²) in [4.78, 5) is 26.4. The highest BCUT2D eigenvalue weighted by Gasteiger charge is 2.26.